The Hall–Kier alpha value is -2.48. The van der Waals surface area contributed by atoms with E-state index in [1.54, 1.807) is 16.4 Å². The number of carbonyl (C=O) groups excluding carboxylic acids is 1. The smallest absolute Gasteiger partial charge is 0.343 e. The molecule has 144 valence electrons. The number of carbonyl (C=O) groups is 1. The molecule has 1 aliphatic heterocycles. The van der Waals surface area contributed by atoms with Crippen molar-refractivity contribution in [1.29, 1.82) is 0 Å². The van der Waals surface area contributed by atoms with E-state index >= 15 is 0 Å². The molecule has 0 unspecified atom stereocenters. The van der Waals surface area contributed by atoms with E-state index in [-0.39, 0.29) is 42.1 Å². The summed E-state index contributed by atoms with van der Waals surface area (Å²) in [5, 5.41) is 9.63. The number of fused-ring (bicyclic) bond motifs is 1. The number of rotatable bonds is 5. The van der Waals surface area contributed by atoms with Crippen molar-refractivity contribution in [3.8, 4) is 0 Å². The van der Waals surface area contributed by atoms with Gasteiger partial charge in [-0.15, -0.1) is 0 Å². The molecule has 0 amide bonds. The van der Waals surface area contributed by atoms with E-state index < -0.39 is 17.2 Å². The zero-order valence-electron chi connectivity index (χ0n) is 15.2. The van der Waals surface area contributed by atoms with Crippen molar-refractivity contribution in [3.63, 3.8) is 0 Å². The van der Waals surface area contributed by atoms with Crippen LogP contribution in [0.3, 0.4) is 0 Å². The normalized spacial score (nSPS) is 19.7. The van der Waals surface area contributed by atoms with Crippen LogP contribution in [0, 0.1) is 5.82 Å². The molecule has 27 heavy (non-hydrogen) atoms. The Bertz CT molecular complexity index is 954. The fourth-order valence-electron chi connectivity index (χ4n) is 3.73. The van der Waals surface area contributed by atoms with E-state index in [1.807, 2.05) is 0 Å². The number of esters is 1. The second-order valence-corrected chi connectivity index (χ2v) is 7.07. The van der Waals surface area contributed by atoms with Gasteiger partial charge in [0.2, 0.25) is 5.43 Å². The first-order valence-corrected chi connectivity index (χ1v) is 9.35. The Morgan fingerprint density at radius 3 is 2.85 bits per heavy atom. The third kappa shape index (κ3) is 3.07. The molecule has 8 heteroatoms. The number of hydrogen-bond acceptors (Lipinski definition) is 6. The molecule has 1 saturated heterocycles. The summed E-state index contributed by atoms with van der Waals surface area (Å²) in [6.07, 6.45) is 4.94. The number of aromatic nitrogens is 2. The standard InChI is InChI=1S/C19H22FN3O4/c1-2-27-19(26)14-9-23(11-5-6-11)17-13(16(14)25)8-15(20)18(21-17)22-7-3-4-12(22)10-24/h8-9,11-12,24H,2-7,10H2,1H3/t12-/m0/s1. The zero-order valence-corrected chi connectivity index (χ0v) is 15.2. The van der Waals surface area contributed by atoms with Gasteiger partial charge in [0, 0.05) is 18.8 Å². The van der Waals surface area contributed by atoms with Crippen LogP contribution >= 0.6 is 0 Å². The van der Waals surface area contributed by atoms with E-state index in [4.69, 9.17) is 4.74 Å². The topological polar surface area (TPSA) is 84.7 Å². The molecule has 0 spiro atoms. The monoisotopic (exact) mass is 375 g/mol. The van der Waals surface area contributed by atoms with Gasteiger partial charge in [0.05, 0.1) is 24.6 Å². The first kappa shape index (κ1) is 17.9. The lowest BCUT2D eigenvalue weighted by atomic mass is 10.1. The minimum atomic E-state index is -0.705. The molecule has 4 rings (SSSR count). The fourth-order valence-corrected chi connectivity index (χ4v) is 3.73. The third-order valence-corrected chi connectivity index (χ3v) is 5.23. The highest BCUT2D eigenvalue weighted by atomic mass is 19.1. The highest BCUT2D eigenvalue weighted by Crippen LogP contribution is 2.37. The first-order valence-electron chi connectivity index (χ1n) is 9.35. The zero-order chi connectivity index (χ0) is 19.1. The maximum Gasteiger partial charge on any atom is 0.343 e. The quantitative estimate of drug-likeness (QED) is 0.805. The Labute approximate surface area is 155 Å². The van der Waals surface area contributed by atoms with Crippen LogP contribution in [0.5, 0.6) is 0 Å². The SMILES string of the molecule is CCOC(=O)c1cn(C2CC2)c2nc(N3CCC[C@H]3CO)c(F)cc2c1=O. The second-order valence-electron chi connectivity index (χ2n) is 7.07. The molecule has 0 aromatic carbocycles. The van der Waals surface area contributed by atoms with Crippen LogP contribution in [-0.2, 0) is 4.74 Å². The maximum absolute atomic E-state index is 14.8. The summed E-state index contributed by atoms with van der Waals surface area (Å²) < 4.78 is 21.6. The highest BCUT2D eigenvalue weighted by molar-refractivity contribution is 5.93. The number of aliphatic hydroxyl groups excluding tert-OH is 1. The van der Waals surface area contributed by atoms with Crippen LogP contribution < -0.4 is 10.3 Å². The summed E-state index contributed by atoms with van der Waals surface area (Å²) in [6, 6.07) is 1.12. The van der Waals surface area contributed by atoms with Crippen molar-refractivity contribution in [2.75, 3.05) is 24.7 Å². The molecular weight excluding hydrogens is 353 g/mol. The van der Waals surface area contributed by atoms with Crippen molar-refractivity contribution in [3.05, 3.63) is 33.9 Å². The Morgan fingerprint density at radius 2 is 2.19 bits per heavy atom. The molecule has 2 aliphatic rings. The Balaban J connectivity index is 1.91. The third-order valence-electron chi connectivity index (χ3n) is 5.23. The minimum Gasteiger partial charge on any atom is -0.462 e. The van der Waals surface area contributed by atoms with Gasteiger partial charge in [-0.25, -0.2) is 14.2 Å². The van der Waals surface area contributed by atoms with Crippen molar-refractivity contribution < 1.29 is 19.0 Å². The fraction of sp³-hybridized carbons (Fsp3) is 0.526. The Kier molecular flexibility index (Phi) is 4.59. The van der Waals surface area contributed by atoms with Crippen molar-refractivity contribution in [1.82, 2.24) is 9.55 Å². The summed E-state index contributed by atoms with van der Waals surface area (Å²) in [7, 11) is 0. The lowest BCUT2D eigenvalue weighted by Gasteiger charge is -2.25. The number of aliphatic hydroxyl groups is 1. The van der Waals surface area contributed by atoms with Gasteiger partial charge in [0.15, 0.2) is 11.6 Å². The van der Waals surface area contributed by atoms with E-state index in [9.17, 15) is 19.1 Å². The number of hydrogen-bond donors (Lipinski definition) is 1. The minimum absolute atomic E-state index is 0.0730. The average Bonchev–Trinajstić information content (AvgIpc) is 3.39. The van der Waals surface area contributed by atoms with Gasteiger partial charge in [-0.3, -0.25) is 4.79 Å². The van der Waals surface area contributed by atoms with Gasteiger partial charge in [-0.2, -0.15) is 0 Å². The summed E-state index contributed by atoms with van der Waals surface area (Å²) in [6.45, 7) is 2.36. The van der Waals surface area contributed by atoms with Gasteiger partial charge >= 0.3 is 5.97 Å². The summed E-state index contributed by atoms with van der Waals surface area (Å²) in [4.78, 5) is 31.2. The molecule has 1 saturated carbocycles. The van der Waals surface area contributed by atoms with Crippen molar-refractivity contribution in [2.45, 2.75) is 44.7 Å². The van der Waals surface area contributed by atoms with Crippen LogP contribution in [-0.4, -0.2) is 46.4 Å². The Morgan fingerprint density at radius 1 is 1.41 bits per heavy atom. The lowest BCUT2D eigenvalue weighted by Crippen LogP contribution is -2.34. The number of halogens is 1. The van der Waals surface area contributed by atoms with Crippen LogP contribution in [0.1, 0.15) is 49.0 Å². The van der Waals surface area contributed by atoms with Gasteiger partial charge in [0.1, 0.15) is 11.2 Å². The lowest BCUT2D eigenvalue weighted by molar-refractivity contribution is 0.0524. The van der Waals surface area contributed by atoms with Crippen LogP contribution in [0.15, 0.2) is 17.1 Å². The number of ether oxygens (including phenoxy) is 1. The molecule has 2 fully saturated rings. The number of pyridine rings is 2. The van der Waals surface area contributed by atoms with Crippen molar-refractivity contribution >= 4 is 22.8 Å². The number of anilines is 1. The highest BCUT2D eigenvalue weighted by Gasteiger charge is 2.31. The van der Waals surface area contributed by atoms with Crippen molar-refractivity contribution in [2.24, 2.45) is 0 Å². The van der Waals surface area contributed by atoms with Crippen LogP contribution in [0.25, 0.3) is 11.0 Å². The van der Waals surface area contributed by atoms with E-state index in [0.717, 1.165) is 31.7 Å². The van der Waals surface area contributed by atoms with Gasteiger partial charge in [-0.1, -0.05) is 0 Å². The summed E-state index contributed by atoms with van der Waals surface area (Å²) in [5.41, 5.74) is -0.298. The predicted molar refractivity (Wildman–Crippen MR) is 97.6 cm³/mol. The molecule has 7 nitrogen and oxygen atoms in total. The summed E-state index contributed by atoms with van der Waals surface area (Å²) in [5.74, 6) is -1.18. The van der Waals surface area contributed by atoms with Crippen LogP contribution in [0.2, 0.25) is 0 Å². The molecule has 1 atom stereocenters. The maximum atomic E-state index is 14.8. The predicted octanol–water partition coefficient (Wildman–Crippen LogP) is 2.01. The molecule has 0 bridgehead atoms. The molecule has 3 heterocycles. The van der Waals surface area contributed by atoms with Gasteiger partial charge < -0.3 is 19.3 Å². The van der Waals surface area contributed by atoms with E-state index in [2.05, 4.69) is 4.98 Å². The van der Waals surface area contributed by atoms with Crippen LogP contribution in [0.4, 0.5) is 10.2 Å². The second kappa shape index (κ2) is 6.92. The molecular formula is C19H22FN3O4. The van der Waals surface area contributed by atoms with Gasteiger partial charge in [0.25, 0.3) is 0 Å². The van der Waals surface area contributed by atoms with E-state index in [1.165, 1.54) is 6.20 Å². The molecule has 1 aliphatic carbocycles. The van der Waals surface area contributed by atoms with Gasteiger partial charge in [-0.05, 0) is 38.7 Å². The first-order chi connectivity index (χ1) is 13.0. The molecule has 2 aromatic heterocycles. The molecule has 1 N–H and O–H groups in total. The average molecular weight is 375 g/mol. The summed E-state index contributed by atoms with van der Waals surface area (Å²) >= 11 is 0. The number of nitrogens with zero attached hydrogens (tertiary/aromatic N) is 3. The van der Waals surface area contributed by atoms with E-state index in [0.29, 0.717) is 12.2 Å². The largest absolute Gasteiger partial charge is 0.462 e. The molecule has 2 aromatic rings. The molecule has 0 radical (unpaired) electrons.